The predicted octanol–water partition coefficient (Wildman–Crippen LogP) is 3.07. The molecule has 98 valence electrons. The van der Waals surface area contributed by atoms with Crippen LogP contribution < -0.4 is 5.73 Å². The van der Waals surface area contributed by atoms with Gasteiger partial charge in [-0.15, -0.1) is 0 Å². The Hall–Kier alpha value is -2.36. The van der Waals surface area contributed by atoms with Gasteiger partial charge in [0.05, 0.1) is 11.3 Å². The second-order valence-electron chi connectivity index (χ2n) is 4.24. The number of benzene rings is 2. The molecule has 0 aliphatic carbocycles. The molecule has 0 unspecified atom stereocenters. The monoisotopic (exact) mass is 259 g/mol. The zero-order valence-electron chi connectivity index (χ0n) is 10.5. The molecule has 0 saturated carbocycles. The topological polar surface area (TPSA) is 52.3 Å². The van der Waals surface area contributed by atoms with Crippen LogP contribution in [0.1, 0.15) is 21.5 Å². The molecular weight excluding hydrogens is 245 g/mol. The Labute approximate surface area is 110 Å². The molecule has 2 aromatic carbocycles. The van der Waals surface area contributed by atoms with E-state index in [1.807, 2.05) is 31.2 Å². The Morgan fingerprint density at radius 2 is 2.00 bits per heavy atom. The van der Waals surface area contributed by atoms with E-state index in [1.165, 1.54) is 12.1 Å². The molecule has 3 nitrogen and oxygen atoms in total. The average Bonchev–Trinajstić information content (AvgIpc) is 2.40. The molecule has 0 spiro atoms. The molecule has 0 aliphatic heterocycles. The second-order valence-corrected chi connectivity index (χ2v) is 4.24. The largest absolute Gasteiger partial charge is 0.457 e. The van der Waals surface area contributed by atoms with Crippen LogP contribution in [0.25, 0.3) is 0 Å². The third-order valence-corrected chi connectivity index (χ3v) is 2.86. The van der Waals surface area contributed by atoms with Crippen LogP contribution in [0.4, 0.5) is 10.1 Å². The van der Waals surface area contributed by atoms with Crippen molar-refractivity contribution < 1.29 is 13.9 Å². The first-order valence-electron chi connectivity index (χ1n) is 5.84. The van der Waals surface area contributed by atoms with Crippen molar-refractivity contribution in [3.05, 3.63) is 65.0 Å². The van der Waals surface area contributed by atoms with Gasteiger partial charge in [-0.3, -0.25) is 0 Å². The molecule has 0 aliphatic rings. The number of carbonyl (C=O) groups is 1. The highest BCUT2D eigenvalue weighted by Gasteiger charge is 2.10. The third kappa shape index (κ3) is 3.10. The van der Waals surface area contributed by atoms with Crippen molar-refractivity contribution in [2.24, 2.45) is 0 Å². The first-order chi connectivity index (χ1) is 9.08. The molecule has 2 rings (SSSR count). The van der Waals surface area contributed by atoms with Crippen molar-refractivity contribution in [3.63, 3.8) is 0 Å². The number of hydrogen-bond donors (Lipinski definition) is 1. The van der Waals surface area contributed by atoms with Crippen LogP contribution in [0, 0.1) is 12.7 Å². The van der Waals surface area contributed by atoms with Crippen molar-refractivity contribution in [1.29, 1.82) is 0 Å². The normalized spacial score (nSPS) is 10.2. The van der Waals surface area contributed by atoms with E-state index >= 15 is 0 Å². The lowest BCUT2D eigenvalue weighted by Gasteiger charge is -2.07. The lowest BCUT2D eigenvalue weighted by molar-refractivity contribution is 0.0471. The number of halogens is 1. The zero-order chi connectivity index (χ0) is 13.8. The highest BCUT2D eigenvalue weighted by molar-refractivity contribution is 5.89. The summed E-state index contributed by atoms with van der Waals surface area (Å²) in [5.74, 6) is -1.19. The average molecular weight is 259 g/mol. The SMILES string of the molecule is Cc1ccccc1COC(=O)c1ccc(N)c(F)c1. The van der Waals surface area contributed by atoms with E-state index in [-0.39, 0.29) is 17.9 Å². The number of nitrogen functional groups attached to an aromatic ring is 1. The van der Waals surface area contributed by atoms with Gasteiger partial charge >= 0.3 is 5.97 Å². The van der Waals surface area contributed by atoms with E-state index in [1.54, 1.807) is 0 Å². The quantitative estimate of drug-likeness (QED) is 0.680. The Morgan fingerprint density at radius 3 is 2.68 bits per heavy atom. The fourth-order valence-electron chi connectivity index (χ4n) is 1.65. The highest BCUT2D eigenvalue weighted by Crippen LogP contribution is 2.14. The summed E-state index contributed by atoms with van der Waals surface area (Å²) in [6, 6.07) is 11.5. The third-order valence-electron chi connectivity index (χ3n) is 2.86. The van der Waals surface area contributed by atoms with Crippen molar-refractivity contribution in [2.75, 3.05) is 5.73 Å². The van der Waals surface area contributed by atoms with Gasteiger partial charge in [-0.1, -0.05) is 24.3 Å². The molecule has 0 fully saturated rings. The summed E-state index contributed by atoms with van der Waals surface area (Å²) in [7, 11) is 0. The predicted molar refractivity (Wildman–Crippen MR) is 71.1 cm³/mol. The number of carbonyl (C=O) groups excluding carboxylic acids is 1. The van der Waals surface area contributed by atoms with E-state index in [2.05, 4.69) is 0 Å². The van der Waals surface area contributed by atoms with Crippen LogP contribution in [0.3, 0.4) is 0 Å². The van der Waals surface area contributed by atoms with E-state index in [0.717, 1.165) is 17.2 Å². The number of esters is 1. The number of nitrogens with two attached hydrogens (primary N) is 1. The van der Waals surface area contributed by atoms with E-state index in [4.69, 9.17) is 10.5 Å². The minimum Gasteiger partial charge on any atom is -0.457 e. The van der Waals surface area contributed by atoms with Crippen molar-refractivity contribution in [2.45, 2.75) is 13.5 Å². The molecule has 0 amide bonds. The van der Waals surface area contributed by atoms with Gasteiger partial charge in [0, 0.05) is 0 Å². The number of anilines is 1. The Balaban J connectivity index is 2.05. The van der Waals surface area contributed by atoms with Gasteiger partial charge in [0.1, 0.15) is 12.4 Å². The fraction of sp³-hybridized carbons (Fsp3) is 0.133. The maximum Gasteiger partial charge on any atom is 0.338 e. The molecule has 19 heavy (non-hydrogen) atoms. The standard InChI is InChI=1S/C15H14FNO2/c1-10-4-2-3-5-12(10)9-19-15(18)11-6-7-14(17)13(16)8-11/h2-8H,9,17H2,1H3. The fourth-order valence-corrected chi connectivity index (χ4v) is 1.65. The molecule has 0 heterocycles. The zero-order valence-corrected chi connectivity index (χ0v) is 10.5. The van der Waals surface area contributed by atoms with Crippen LogP contribution in [0.2, 0.25) is 0 Å². The smallest absolute Gasteiger partial charge is 0.338 e. The van der Waals surface area contributed by atoms with E-state index < -0.39 is 11.8 Å². The summed E-state index contributed by atoms with van der Waals surface area (Å²) in [5.41, 5.74) is 7.47. The number of rotatable bonds is 3. The summed E-state index contributed by atoms with van der Waals surface area (Å²) in [6.45, 7) is 2.10. The number of ether oxygens (including phenoxy) is 1. The van der Waals surface area contributed by atoms with Gasteiger partial charge in [-0.25, -0.2) is 9.18 Å². The summed E-state index contributed by atoms with van der Waals surface area (Å²) in [4.78, 5) is 11.8. The molecule has 0 atom stereocenters. The summed E-state index contributed by atoms with van der Waals surface area (Å²) in [5, 5.41) is 0. The second kappa shape index (κ2) is 5.52. The van der Waals surface area contributed by atoms with Gasteiger partial charge in [0.25, 0.3) is 0 Å². The molecule has 0 bridgehead atoms. The summed E-state index contributed by atoms with van der Waals surface area (Å²) >= 11 is 0. The van der Waals surface area contributed by atoms with Gasteiger partial charge in [0.2, 0.25) is 0 Å². The van der Waals surface area contributed by atoms with Gasteiger partial charge in [0.15, 0.2) is 0 Å². The Morgan fingerprint density at radius 1 is 1.26 bits per heavy atom. The van der Waals surface area contributed by atoms with Crippen molar-refractivity contribution >= 4 is 11.7 Å². The van der Waals surface area contributed by atoms with Crippen LogP contribution >= 0.6 is 0 Å². The highest BCUT2D eigenvalue weighted by atomic mass is 19.1. The summed E-state index contributed by atoms with van der Waals surface area (Å²) < 4.78 is 18.4. The Bertz CT molecular complexity index is 611. The summed E-state index contributed by atoms with van der Waals surface area (Å²) in [6.07, 6.45) is 0. The first kappa shape index (κ1) is 13.1. The minimum atomic E-state index is -0.620. The van der Waals surface area contributed by atoms with Gasteiger partial charge in [-0.2, -0.15) is 0 Å². The lowest BCUT2D eigenvalue weighted by atomic mass is 10.1. The molecule has 0 saturated heterocycles. The van der Waals surface area contributed by atoms with Crippen LogP contribution in [0.15, 0.2) is 42.5 Å². The molecule has 0 aromatic heterocycles. The maximum atomic E-state index is 13.2. The Kier molecular flexibility index (Phi) is 3.80. The van der Waals surface area contributed by atoms with Gasteiger partial charge < -0.3 is 10.5 Å². The van der Waals surface area contributed by atoms with Crippen molar-refractivity contribution in [3.8, 4) is 0 Å². The number of hydrogen-bond acceptors (Lipinski definition) is 3. The number of aryl methyl sites for hydroxylation is 1. The lowest BCUT2D eigenvalue weighted by Crippen LogP contribution is -2.07. The molecule has 2 N–H and O–H groups in total. The van der Waals surface area contributed by atoms with E-state index in [0.29, 0.717) is 0 Å². The van der Waals surface area contributed by atoms with Crippen LogP contribution in [-0.4, -0.2) is 5.97 Å². The van der Waals surface area contributed by atoms with Crippen LogP contribution in [0.5, 0.6) is 0 Å². The molecular formula is C15H14FNO2. The molecule has 2 aromatic rings. The minimum absolute atomic E-state index is 0.00968. The molecule has 4 heteroatoms. The van der Waals surface area contributed by atoms with E-state index in [9.17, 15) is 9.18 Å². The van der Waals surface area contributed by atoms with Gasteiger partial charge in [-0.05, 0) is 36.2 Å². The van der Waals surface area contributed by atoms with Crippen LogP contribution in [-0.2, 0) is 11.3 Å². The molecule has 0 radical (unpaired) electrons. The first-order valence-corrected chi connectivity index (χ1v) is 5.84. The van der Waals surface area contributed by atoms with Crippen molar-refractivity contribution in [1.82, 2.24) is 0 Å². The maximum absolute atomic E-state index is 13.2.